The molecule has 276 valence electrons. The van der Waals surface area contributed by atoms with Gasteiger partial charge in [0.2, 0.25) is 0 Å². The molecule has 2 amide bonds. The van der Waals surface area contributed by atoms with Crippen LogP contribution >= 0.6 is 22.7 Å². The van der Waals surface area contributed by atoms with Crippen LogP contribution in [0.15, 0.2) is 113 Å². The summed E-state index contributed by atoms with van der Waals surface area (Å²) in [6, 6.07) is 28.4. The summed E-state index contributed by atoms with van der Waals surface area (Å²) in [5, 5.41) is 6.97. The van der Waals surface area contributed by atoms with Gasteiger partial charge in [0, 0.05) is 47.7 Å². The third-order valence-corrected chi connectivity index (χ3v) is 14.2. The number of carbonyl (C=O) groups is 2. The number of nitrogen functional groups attached to an aromatic ring is 2. The minimum absolute atomic E-state index is 0.0675. The van der Waals surface area contributed by atoms with E-state index in [0.29, 0.717) is 61.2 Å². The Hall–Kier alpha value is -5.35. The standard InChI is InChI=1S/C39H35FN6O4S4/c1-53(43,49)21-22-2-4-23(5-3-22)38(47)46-33-17-26(9-13-31(33)42)35-18-27(20-51-35)29-19-36(29)54(44,50)28-10-6-24(7-11-28)39(48)45-32-16-25(8-12-30(32)41)34-14-15-37(40)52-34/h2-18,20,29,36,43-44H,19,21,41-42H2,1H3,(H,45,48)(H,46,47). The van der Waals surface area contributed by atoms with E-state index in [0.717, 1.165) is 27.3 Å². The molecule has 2 heterocycles. The third kappa shape index (κ3) is 8.09. The van der Waals surface area contributed by atoms with Crippen molar-refractivity contribution in [2.75, 3.05) is 28.4 Å². The van der Waals surface area contributed by atoms with Gasteiger partial charge in [0.05, 0.1) is 43.5 Å². The van der Waals surface area contributed by atoms with Crippen molar-refractivity contribution in [2.45, 2.75) is 28.2 Å². The van der Waals surface area contributed by atoms with E-state index in [-0.39, 0.29) is 28.0 Å². The molecular weight excluding hydrogens is 764 g/mol. The van der Waals surface area contributed by atoms with E-state index in [1.54, 1.807) is 84.9 Å². The molecule has 0 radical (unpaired) electrons. The Morgan fingerprint density at radius 3 is 1.87 bits per heavy atom. The van der Waals surface area contributed by atoms with Crippen LogP contribution < -0.4 is 22.1 Å². The molecule has 2 aromatic heterocycles. The molecule has 1 aliphatic carbocycles. The lowest BCUT2D eigenvalue weighted by Gasteiger charge is -2.11. The summed E-state index contributed by atoms with van der Waals surface area (Å²) in [5.74, 6) is -0.744. The van der Waals surface area contributed by atoms with Crippen molar-refractivity contribution < 1.29 is 22.4 Å². The molecule has 1 fully saturated rings. The number of rotatable bonds is 11. The number of nitrogens with two attached hydrogens (primary N) is 2. The molecule has 0 spiro atoms. The lowest BCUT2D eigenvalue weighted by molar-refractivity contribution is 0.101. The third-order valence-electron chi connectivity index (χ3n) is 9.08. The fourth-order valence-electron chi connectivity index (χ4n) is 6.13. The Kier molecular flexibility index (Phi) is 9.91. The van der Waals surface area contributed by atoms with Crippen LogP contribution in [0.25, 0.3) is 20.9 Å². The lowest BCUT2D eigenvalue weighted by atomic mass is 10.1. The average molecular weight is 799 g/mol. The second kappa shape index (κ2) is 14.5. The quantitative estimate of drug-likeness (QED) is 0.0708. The molecule has 54 heavy (non-hydrogen) atoms. The second-order valence-corrected chi connectivity index (χ2v) is 19.7. The highest BCUT2D eigenvalue weighted by Gasteiger charge is 2.46. The molecule has 1 aliphatic rings. The topological polar surface area (TPSA) is 192 Å². The van der Waals surface area contributed by atoms with E-state index in [9.17, 15) is 22.4 Å². The number of amides is 2. The molecule has 4 atom stereocenters. The maximum atomic E-state index is 13.8. The summed E-state index contributed by atoms with van der Waals surface area (Å²) < 4.78 is 55.7. The van der Waals surface area contributed by atoms with Gasteiger partial charge in [0.25, 0.3) is 11.8 Å². The largest absolute Gasteiger partial charge is 0.397 e. The van der Waals surface area contributed by atoms with E-state index < -0.39 is 25.4 Å². The Morgan fingerprint density at radius 1 is 0.778 bits per heavy atom. The van der Waals surface area contributed by atoms with Crippen LogP contribution in [0.1, 0.15) is 44.2 Å². The van der Waals surface area contributed by atoms with Crippen LogP contribution in [0.5, 0.6) is 0 Å². The number of benzene rings is 4. The summed E-state index contributed by atoms with van der Waals surface area (Å²) in [6.45, 7) is 0. The molecule has 7 rings (SSSR count). The normalized spacial score (nSPS) is 17.2. The molecule has 15 heteroatoms. The van der Waals surface area contributed by atoms with E-state index in [4.69, 9.17) is 21.0 Å². The zero-order chi connectivity index (χ0) is 38.4. The number of hydrogen-bond donors (Lipinski definition) is 6. The molecule has 0 saturated heterocycles. The smallest absolute Gasteiger partial charge is 0.255 e. The molecule has 6 aromatic rings. The van der Waals surface area contributed by atoms with E-state index in [1.165, 1.54) is 23.7 Å². The van der Waals surface area contributed by atoms with Gasteiger partial charge in [-0.1, -0.05) is 24.3 Å². The Balaban J connectivity index is 0.995. The van der Waals surface area contributed by atoms with Gasteiger partial charge >= 0.3 is 0 Å². The van der Waals surface area contributed by atoms with Crippen molar-refractivity contribution in [3.63, 3.8) is 0 Å². The Labute approximate surface area is 320 Å². The highest BCUT2D eigenvalue weighted by Crippen LogP contribution is 2.50. The summed E-state index contributed by atoms with van der Waals surface area (Å²) >= 11 is 2.50. The highest BCUT2D eigenvalue weighted by atomic mass is 32.2. The molecule has 8 N–H and O–H groups in total. The first-order valence-corrected chi connectivity index (χ1v) is 22.0. The van der Waals surface area contributed by atoms with Crippen LogP contribution in [-0.2, 0) is 25.2 Å². The van der Waals surface area contributed by atoms with Gasteiger partial charge in [-0.15, -0.1) is 22.7 Å². The highest BCUT2D eigenvalue weighted by molar-refractivity contribution is 7.93. The predicted molar refractivity (Wildman–Crippen MR) is 218 cm³/mol. The average Bonchev–Trinajstić information content (AvgIpc) is 3.59. The fourth-order valence-corrected chi connectivity index (χ4v) is 10.7. The number of carbonyl (C=O) groups excluding carboxylic acids is 2. The van der Waals surface area contributed by atoms with Crippen LogP contribution in [0.4, 0.5) is 27.1 Å². The summed E-state index contributed by atoms with van der Waals surface area (Å²) in [4.78, 5) is 28.1. The first-order chi connectivity index (χ1) is 25.6. The summed E-state index contributed by atoms with van der Waals surface area (Å²) in [7, 11) is -5.89. The van der Waals surface area contributed by atoms with Crippen LogP contribution in [-0.4, -0.2) is 31.7 Å². The lowest BCUT2D eigenvalue weighted by Crippen LogP contribution is -2.14. The number of thiophene rings is 2. The summed E-state index contributed by atoms with van der Waals surface area (Å²) in [5.41, 5.74) is 17.8. The van der Waals surface area contributed by atoms with Crippen LogP contribution in [0.3, 0.4) is 0 Å². The SMILES string of the molecule is CS(=N)(=O)Cc1ccc(C(=O)Nc2cc(-c3cc(C4CC4S(=N)(=O)c4ccc(C(=O)Nc5cc(-c6ccc(F)s6)ccc5N)cc4)cs3)ccc2N)cc1. The molecule has 1 saturated carbocycles. The molecule has 4 aromatic carbocycles. The number of halogens is 1. The number of nitrogens with one attached hydrogen (secondary N) is 4. The maximum Gasteiger partial charge on any atom is 0.255 e. The minimum atomic E-state index is -3.19. The molecular formula is C39H35FN6O4S4. The molecule has 0 aliphatic heterocycles. The van der Waals surface area contributed by atoms with Crippen molar-refractivity contribution in [2.24, 2.45) is 0 Å². The van der Waals surface area contributed by atoms with Crippen molar-refractivity contribution in [1.29, 1.82) is 9.56 Å². The second-order valence-electron chi connectivity index (χ2n) is 13.2. The van der Waals surface area contributed by atoms with Crippen LogP contribution in [0.2, 0.25) is 0 Å². The van der Waals surface area contributed by atoms with E-state index in [1.807, 2.05) is 17.5 Å². The van der Waals surface area contributed by atoms with Gasteiger partial charge in [0.15, 0.2) is 5.13 Å². The predicted octanol–water partition coefficient (Wildman–Crippen LogP) is 9.09. The van der Waals surface area contributed by atoms with E-state index >= 15 is 0 Å². The zero-order valence-corrected chi connectivity index (χ0v) is 32.0. The number of hydrogen-bond acceptors (Lipinski definition) is 10. The molecule has 4 unspecified atom stereocenters. The first kappa shape index (κ1) is 37.0. The van der Waals surface area contributed by atoms with Gasteiger partial charge in [-0.05, 0) is 113 Å². The van der Waals surface area contributed by atoms with Gasteiger partial charge in [0.1, 0.15) is 0 Å². The Bertz CT molecular complexity index is 2640. The number of anilines is 4. The van der Waals surface area contributed by atoms with Gasteiger partial charge in [-0.2, -0.15) is 4.39 Å². The van der Waals surface area contributed by atoms with Crippen molar-refractivity contribution in [3.8, 4) is 20.9 Å². The minimum Gasteiger partial charge on any atom is -0.397 e. The maximum absolute atomic E-state index is 13.8. The summed E-state index contributed by atoms with van der Waals surface area (Å²) in [6.07, 6.45) is 1.96. The van der Waals surface area contributed by atoms with Gasteiger partial charge < -0.3 is 22.1 Å². The molecule has 10 nitrogen and oxygen atoms in total. The molecule has 0 bridgehead atoms. The monoisotopic (exact) mass is 798 g/mol. The van der Waals surface area contributed by atoms with Gasteiger partial charge in [-0.3, -0.25) is 14.4 Å². The van der Waals surface area contributed by atoms with Crippen LogP contribution in [0, 0.1) is 14.7 Å². The van der Waals surface area contributed by atoms with Crippen molar-refractivity contribution >= 4 is 76.7 Å². The van der Waals surface area contributed by atoms with Crippen molar-refractivity contribution in [3.05, 3.63) is 136 Å². The van der Waals surface area contributed by atoms with Gasteiger partial charge in [-0.25, -0.2) is 13.2 Å². The Morgan fingerprint density at radius 2 is 1.33 bits per heavy atom. The fraction of sp³-hybridized carbons (Fsp3) is 0.128. The first-order valence-electron chi connectivity index (χ1n) is 16.6. The van der Waals surface area contributed by atoms with E-state index in [2.05, 4.69) is 10.6 Å². The van der Waals surface area contributed by atoms with Crippen molar-refractivity contribution in [1.82, 2.24) is 0 Å². The zero-order valence-electron chi connectivity index (χ0n) is 28.8.